The zero-order valence-electron chi connectivity index (χ0n) is 19.3. The van der Waals surface area contributed by atoms with E-state index >= 15 is 0 Å². The van der Waals surface area contributed by atoms with E-state index in [1.165, 1.54) is 0 Å². The molecule has 1 N–H and O–H groups in total. The van der Waals surface area contributed by atoms with Crippen LogP contribution in [0.15, 0.2) is 53.5 Å². The third kappa shape index (κ3) is 5.03. The predicted octanol–water partition coefficient (Wildman–Crippen LogP) is 3.58. The molecule has 33 heavy (non-hydrogen) atoms. The Morgan fingerprint density at radius 1 is 1.15 bits per heavy atom. The normalized spacial score (nSPS) is 13.8. The standard InChI is InChI=1S/C26H31N3O4/c1-3-4-10-29-18-21(26(31)27-17-19-8-6-5-7-9-19)25(30)20-15-24(32-2)23(16-22(20)29)28-11-13-33-14-12-28/h5-9,15-16,18H,3-4,10-14,17H2,1-2H3,(H,27,31). The number of nitrogens with one attached hydrogen (secondary N) is 1. The highest BCUT2D eigenvalue weighted by atomic mass is 16.5. The van der Waals surface area contributed by atoms with Crippen molar-refractivity contribution in [3.05, 3.63) is 70.0 Å². The molecule has 2 heterocycles. The van der Waals surface area contributed by atoms with E-state index in [4.69, 9.17) is 9.47 Å². The first-order valence-corrected chi connectivity index (χ1v) is 11.5. The predicted molar refractivity (Wildman–Crippen MR) is 130 cm³/mol. The Kier molecular flexibility index (Phi) is 7.29. The first-order valence-electron chi connectivity index (χ1n) is 11.5. The molecule has 1 aromatic heterocycles. The summed E-state index contributed by atoms with van der Waals surface area (Å²) in [5.74, 6) is 0.262. The Hall–Kier alpha value is -3.32. The average Bonchev–Trinajstić information content (AvgIpc) is 2.87. The fourth-order valence-electron chi connectivity index (χ4n) is 4.17. The van der Waals surface area contributed by atoms with Crippen molar-refractivity contribution in [3.63, 3.8) is 0 Å². The van der Waals surface area contributed by atoms with E-state index in [9.17, 15) is 9.59 Å². The van der Waals surface area contributed by atoms with Gasteiger partial charge in [0.15, 0.2) is 0 Å². The minimum atomic E-state index is -0.368. The molecular weight excluding hydrogens is 418 g/mol. The van der Waals surface area contributed by atoms with Gasteiger partial charge in [0.05, 0.1) is 36.9 Å². The maximum Gasteiger partial charge on any atom is 0.257 e. The molecule has 2 aromatic carbocycles. The first kappa shape index (κ1) is 22.9. The summed E-state index contributed by atoms with van der Waals surface area (Å²) >= 11 is 0. The number of hydrogen-bond donors (Lipinski definition) is 1. The Bertz CT molecular complexity index is 1170. The quantitative estimate of drug-likeness (QED) is 0.569. The lowest BCUT2D eigenvalue weighted by Gasteiger charge is -2.30. The molecule has 0 bridgehead atoms. The number of hydrogen-bond acceptors (Lipinski definition) is 5. The number of amides is 1. The highest BCUT2D eigenvalue weighted by Gasteiger charge is 2.21. The fourth-order valence-corrected chi connectivity index (χ4v) is 4.17. The number of nitrogens with zero attached hydrogens (tertiary/aromatic N) is 2. The molecular formula is C26H31N3O4. The lowest BCUT2D eigenvalue weighted by Crippen LogP contribution is -2.36. The number of morpholine rings is 1. The summed E-state index contributed by atoms with van der Waals surface area (Å²) in [7, 11) is 1.61. The van der Waals surface area contributed by atoms with Crippen LogP contribution in [-0.2, 0) is 17.8 Å². The zero-order chi connectivity index (χ0) is 23.2. The topological polar surface area (TPSA) is 72.8 Å². The molecule has 3 aromatic rings. The molecule has 1 aliphatic heterocycles. The van der Waals surface area contributed by atoms with Crippen molar-refractivity contribution in [3.8, 4) is 5.75 Å². The lowest BCUT2D eigenvalue weighted by molar-refractivity contribution is 0.0949. The molecule has 1 saturated heterocycles. The second-order valence-corrected chi connectivity index (χ2v) is 8.23. The van der Waals surface area contributed by atoms with E-state index in [2.05, 4.69) is 17.1 Å². The van der Waals surface area contributed by atoms with Crippen molar-refractivity contribution in [2.24, 2.45) is 0 Å². The summed E-state index contributed by atoms with van der Waals surface area (Å²) in [5, 5.41) is 3.38. The minimum Gasteiger partial charge on any atom is -0.495 e. The Morgan fingerprint density at radius 3 is 2.61 bits per heavy atom. The van der Waals surface area contributed by atoms with Crippen LogP contribution in [0.3, 0.4) is 0 Å². The number of carbonyl (C=O) groups excluding carboxylic acids is 1. The van der Waals surface area contributed by atoms with E-state index in [0.717, 1.165) is 49.2 Å². The molecule has 0 aliphatic carbocycles. The lowest BCUT2D eigenvalue weighted by atomic mass is 10.1. The first-order chi connectivity index (χ1) is 16.1. The summed E-state index contributed by atoms with van der Waals surface area (Å²) in [6.45, 7) is 6.06. The van der Waals surface area contributed by atoms with Gasteiger partial charge in [-0.05, 0) is 24.1 Å². The van der Waals surface area contributed by atoms with Gasteiger partial charge in [-0.2, -0.15) is 0 Å². The van der Waals surface area contributed by atoms with Crippen LogP contribution < -0.4 is 20.4 Å². The number of fused-ring (bicyclic) bond motifs is 1. The minimum absolute atomic E-state index is 0.149. The van der Waals surface area contributed by atoms with Crippen LogP contribution in [0, 0.1) is 0 Å². The number of benzene rings is 2. The van der Waals surface area contributed by atoms with Crippen LogP contribution in [0.5, 0.6) is 5.75 Å². The molecule has 0 saturated carbocycles. The molecule has 0 spiro atoms. The second-order valence-electron chi connectivity index (χ2n) is 8.23. The van der Waals surface area contributed by atoms with Crippen LogP contribution >= 0.6 is 0 Å². The number of anilines is 1. The molecule has 0 unspecified atom stereocenters. The summed E-state index contributed by atoms with van der Waals surface area (Å²) in [6.07, 6.45) is 3.66. The summed E-state index contributed by atoms with van der Waals surface area (Å²) in [6, 6.07) is 13.5. The Labute approximate surface area is 193 Å². The van der Waals surface area contributed by atoms with E-state index in [1.54, 1.807) is 19.4 Å². The average molecular weight is 450 g/mol. The third-order valence-electron chi connectivity index (χ3n) is 6.03. The molecule has 1 fully saturated rings. The number of ether oxygens (including phenoxy) is 2. The molecule has 0 radical (unpaired) electrons. The van der Waals surface area contributed by atoms with Gasteiger partial charge in [0, 0.05) is 32.4 Å². The SMILES string of the molecule is CCCCn1cc(C(=O)NCc2ccccc2)c(=O)c2cc(OC)c(N3CCOCC3)cc21. The molecule has 1 amide bonds. The van der Waals surface area contributed by atoms with Gasteiger partial charge in [0.2, 0.25) is 5.43 Å². The van der Waals surface area contributed by atoms with E-state index in [1.807, 2.05) is 41.0 Å². The summed E-state index contributed by atoms with van der Waals surface area (Å²) in [5.41, 5.74) is 2.61. The number of aromatic nitrogens is 1. The fraction of sp³-hybridized carbons (Fsp3) is 0.385. The third-order valence-corrected chi connectivity index (χ3v) is 6.03. The monoisotopic (exact) mass is 449 g/mol. The number of rotatable bonds is 8. The van der Waals surface area contributed by atoms with Crippen LogP contribution in [0.1, 0.15) is 35.7 Å². The highest BCUT2D eigenvalue weighted by Crippen LogP contribution is 2.33. The van der Waals surface area contributed by atoms with Gasteiger partial charge in [0.1, 0.15) is 11.3 Å². The molecule has 7 heteroatoms. The van der Waals surface area contributed by atoms with E-state index in [-0.39, 0.29) is 16.9 Å². The maximum atomic E-state index is 13.4. The molecule has 0 atom stereocenters. The summed E-state index contributed by atoms with van der Waals surface area (Å²) < 4.78 is 13.2. The van der Waals surface area contributed by atoms with Crippen molar-refractivity contribution >= 4 is 22.5 Å². The van der Waals surface area contributed by atoms with Crippen molar-refractivity contribution in [1.29, 1.82) is 0 Å². The van der Waals surface area contributed by atoms with Crippen LogP contribution in [0.2, 0.25) is 0 Å². The highest BCUT2D eigenvalue weighted by molar-refractivity contribution is 5.98. The molecule has 1 aliphatic rings. The van der Waals surface area contributed by atoms with Crippen molar-refractivity contribution < 1.29 is 14.3 Å². The Balaban J connectivity index is 1.76. The van der Waals surface area contributed by atoms with Crippen molar-refractivity contribution in [2.75, 3.05) is 38.3 Å². The molecule has 7 nitrogen and oxygen atoms in total. The van der Waals surface area contributed by atoms with Crippen LogP contribution in [-0.4, -0.2) is 43.9 Å². The van der Waals surface area contributed by atoms with Crippen molar-refractivity contribution in [1.82, 2.24) is 9.88 Å². The second kappa shape index (κ2) is 10.5. The Morgan fingerprint density at radius 2 is 1.91 bits per heavy atom. The zero-order valence-corrected chi connectivity index (χ0v) is 19.3. The molecule has 4 rings (SSSR count). The number of unbranched alkanes of at least 4 members (excludes halogenated alkanes) is 1. The van der Waals surface area contributed by atoms with Gasteiger partial charge < -0.3 is 24.3 Å². The number of carbonyl (C=O) groups is 1. The summed E-state index contributed by atoms with van der Waals surface area (Å²) in [4.78, 5) is 28.6. The van der Waals surface area contributed by atoms with E-state index in [0.29, 0.717) is 30.9 Å². The van der Waals surface area contributed by atoms with Gasteiger partial charge in [-0.25, -0.2) is 0 Å². The van der Waals surface area contributed by atoms with Gasteiger partial charge in [-0.15, -0.1) is 0 Å². The number of methoxy groups -OCH3 is 1. The van der Waals surface area contributed by atoms with Crippen LogP contribution in [0.25, 0.3) is 10.9 Å². The van der Waals surface area contributed by atoms with Gasteiger partial charge in [-0.3, -0.25) is 9.59 Å². The largest absolute Gasteiger partial charge is 0.495 e. The molecule has 174 valence electrons. The van der Waals surface area contributed by atoms with Gasteiger partial charge in [-0.1, -0.05) is 43.7 Å². The number of aryl methyl sites for hydroxylation is 1. The maximum absolute atomic E-state index is 13.4. The van der Waals surface area contributed by atoms with Crippen LogP contribution in [0.4, 0.5) is 5.69 Å². The van der Waals surface area contributed by atoms with Gasteiger partial charge >= 0.3 is 0 Å². The van der Waals surface area contributed by atoms with E-state index < -0.39 is 0 Å². The number of pyridine rings is 1. The van der Waals surface area contributed by atoms with Gasteiger partial charge in [0.25, 0.3) is 5.91 Å². The smallest absolute Gasteiger partial charge is 0.257 e. The van der Waals surface area contributed by atoms with Crippen molar-refractivity contribution in [2.45, 2.75) is 32.9 Å².